The second-order valence-corrected chi connectivity index (χ2v) is 6.76. The van der Waals surface area contributed by atoms with Gasteiger partial charge in [0.2, 0.25) is 5.56 Å². The predicted octanol–water partition coefficient (Wildman–Crippen LogP) is 5.51. The zero-order valence-electron chi connectivity index (χ0n) is 15.1. The Labute approximate surface area is 172 Å². The summed E-state index contributed by atoms with van der Waals surface area (Å²) in [6.45, 7) is 0.0807. The molecule has 154 valence electrons. The third-order valence-electron chi connectivity index (χ3n) is 4.18. The molecule has 0 atom stereocenters. The third kappa shape index (κ3) is 4.41. The fraction of sp³-hybridized carbons (Fsp3) is 0.100. The first-order chi connectivity index (χ1) is 14.3. The zero-order valence-corrected chi connectivity index (χ0v) is 15.8. The van der Waals surface area contributed by atoms with E-state index in [9.17, 15) is 18.0 Å². The number of hydrogen-bond donors (Lipinski definition) is 2. The number of pyridine rings is 1. The number of H-pyrrole nitrogens is 1. The molecule has 6 nitrogen and oxygen atoms in total. The van der Waals surface area contributed by atoms with Crippen LogP contribution in [0.1, 0.15) is 11.3 Å². The summed E-state index contributed by atoms with van der Waals surface area (Å²) in [4.78, 5) is 14.0. The van der Waals surface area contributed by atoms with Crippen molar-refractivity contribution in [1.29, 1.82) is 0 Å². The second kappa shape index (κ2) is 7.75. The van der Waals surface area contributed by atoms with Crippen molar-refractivity contribution in [2.75, 3.05) is 5.32 Å². The lowest BCUT2D eigenvalue weighted by atomic mass is 10.2. The van der Waals surface area contributed by atoms with Gasteiger partial charge in [-0.1, -0.05) is 16.8 Å². The van der Waals surface area contributed by atoms with Gasteiger partial charge in [-0.3, -0.25) is 4.79 Å². The topological polar surface area (TPSA) is 80.2 Å². The quantitative estimate of drug-likeness (QED) is 0.432. The number of hydrogen-bond acceptors (Lipinski definition) is 5. The van der Waals surface area contributed by atoms with Crippen LogP contribution in [0.25, 0.3) is 10.9 Å². The lowest BCUT2D eigenvalue weighted by Gasteiger charge is -2.10. The van der Waals surface area contributed by atoms with E-state index in [1.807, 2.05) is 0 Å². The van der Waals surface area contributed by atoms with Gasteiger partial charge in [0, 0.05) is 28.7 Å². The molecule has 0 aliphatic rings. The smallest absolute Gasteiger partial charge is 0.417 e. The normalized spacial score (nSPS) is 11.6. The molecule has 2 aromatic carbocycles. The van der Waals surface area contributed by atoms with Crippen LogP contribution in [0.5, 0.6) is 5.75 Å². The summed E-state index contributed by atoms with van der Waals surface area (Å²) >= 11 is 5.71. The number of nitrogens with one attached hydrogen (secondary N) is 2. The molecule has 0 unspecified atom stereocenters. The number of aromatic amines is 1. The maximum atomic E-state index is 12.8. The number of halogens is 4. The lowest BCUT2D eigenvalue weighted by Crippen LogP contribution is -2.06. The van der Waals surface area contributed by atoms with Crippen molar-refractivity contribution < 1.29 is 22.4 Å². The highest BCUT2D eigenvalue weighted by atomic mass is 35.5. The Bertz CT molecular complexity index is 1270. The van der Waals surface area contributed by atoms with Crippen LogP contribution in [0.15, 0.2) is 63.9 Å². The Balaban J connectivity index is 1.41. The number of rotatable bonds is 5. The number of aromatic nitrogens is 2. The average molecular weight is 436 g/mol. The van der Waals surface area contributed by atoms with Gasteiger partial charge < -0.3 is 19.6 Å². The van der Waals surface area contributed by atoms with Gasteiger partial charge in [-0.2, -0.15) is 13.2 Å². The van der Waals surface area contributed by atoms with Crippen LogP contribution in [-0.2, 0) is 12.8 Å². The van der Waals surface area contributed by atoms with Gasteiger partial charge in [0.1, 0.15) is 12.4 Å². The first-order valence-corrected chi connectivity index (χ1v) is 9.01. The number of fused-ring (bicyclic) bond motifs is 1. The van der Waals surface area contributed by atoms with Gasteiger partial charge in [0.15, 0.2) is 11.6 Å². The third-order valence-corrected chi connectivity index (χ3v) is 4.49. The van der Waals surface area contributed by atoms with Gasteiger partial charge in [0.25, 0.3) is 0 Å². The Morgan fingerprint density at radius 3 is 2.70 bits per heavy atom. The molecule has 0 aliphatic heterocycles. The molecule has 2 aromatic heterocycles. The first-order valence-electron chi connectivity index (χ1n) is 8.63. The van der Waals surface area contributed by atoms with Crippen molar-refractivity contribution in [3.8, 4) is 5.75 Å². The largest absolute Gasteiger partial charge is 0.486 e. The minimum Gasteiger partial charge on any atom is -0.486 e. The second-order valence-electron chi connectivity index (χ2n) is 6.36. The summed E-state index contributed by atoms with van der Waals surface area (Å²) < 4.78 is 49.2. The molecule has 10 heteroatoms. The molecule has 0 fully saturated rings. The minimum atomic E-state index is -4.52. The predicted molar refractivity (Wildman–Crippen MR) is 105 cm³/mol. The van der Waals surface area contributed by atoms with Crippen molar-refractivity contribution in [3.05, 3.63) is 81.3 Å². The van der Waals surface area contributed by atoms with Crippen LogP contribution in [0.2, 0.25) is 5.02 Å². The zero-order chi connectivity index (χ0) is 21.3. The van der Waals surface area contributed by atoms with Crippen LogP contribution < -0.4 is 15.6 Å². The molecule has 0 spiro atoms. The van der Waals surface area contributed by atoms with E-state index in [-0.39, 0.29) is 12.2 Å². The van der Waals surface area contributed by atoms with Crippen LogP contribution in [0, 0.1) is 0 Å². The minimum absolute atomic E-state index is 0.0807. The summed E-state index contributed by atoms with van der Waals surface area (Å²) in [5.74, 6) is 1.26. The van der Waals surface area contributed by atoms with Crippen molar-refractivity contribution in [1.82, 2.24) is 10.1 Å². The molecule has 0 saturated heterocycles. The highest BCUT2D eigenvalue weighted by Crippen LogP contribution is 2.36. The molecule has 0 saturated carbocycles. The van der Waals surface area contributed by atoms with Gasteiger partial charge in [-0.05, 0) is 42.5 Å². The van der Waals surface area contributed by atoms with E-state index in [1.165, 1.54) is 12.1 Å². The van der Waals surface area contributed by atoms with E-state index in [1.54, 1.807) is 30.3 Å². The number of nitrogens with zero attached hydrogens (tertiary/aromatic N) is 1. The summed E-state index contributed by atoms with van der Waals surface area (Å²) in [6, 6.07) is 13.2. The van der Waals surface area contributed by atoms with Crippen molar-refractivity contribution in [3.63, 3.8) is 0 Å². The van der Waals surface area contributed by atoms with Crippen LogP contribution >= 0.6 is 11.6 Å². The summed E-state index contributed by atoms with van der Waals surface area (Å²) in [5, 5.41) is 7.03. The molecular formula is C20H13ClF3N3O3. The Morgan fingerprint density at radius 1 is 1.10 bits per heavy atom. The molecule has 0 amide bonds. The van der Waals surface area contributed by atoms with E-state index < -0.39 is 16.8 Å². The Hall–Kier alpha value is -3.46. The van der Waals surface area contributed by atoms with E-state index in [0.29, 0.717) is 28.5 Å². The molecule has 4 aromatic rings. The van der Waals surface area contributed by atoms with E-state index >= 15 is 0 Å². The highest BCUT2D eigenvalue weighted by molar-refractivity contribution is 6.31. The van der Waals surface area contributed by atoms with Crippen LogP contribution in [0.4, 0.5) is 24.7 Å². The molecule has 2 N–H and O–H groups in total. The maximum Gasteiger partial charge on any atom is 0.417 e. The van der Waals surface area contributed by atoms with Crippen molar-refractivity contribution >= 4 is 34.0 Å². The van der Waals surface area contributed by atoms with Crippen molar-refractivity contribution in [2.24, 2.45) is 0 Å². The van der Waals surface area contributed by atoms with E-state index in [4.69, 9.17) is 20.9 Å². The average Bonchev–Trinajstić information content (AvgIpc) is 3.12. The molecular weight excluding hydrogens is 423 g/mol. The Morgan fingerprint density at radius 2 is 1.93 bits per heavy atom. The fourth-order valence-electron chi connectivity index (χ4n) is 2.79. The number of anilines is 2. The fourth-order valence-corrected chi connectivity index (χ4v) is 3.07. The standard InChI is InChI=1S/C20H13ClF3N3O3/c21-16-8-12(2-4-15(16)20(22,23)24)25-18-9-14(30-27-18)10-29-13-3-5-17-11(7-13)1-6-19(28)26-17/h1-9H,10H2,(H,25,27)(H,26,28). The summed E-state index contributed by atoms with van der Waals surface area (Å²) in [7, 11) is 0. The monoisotopic (exact) mass is 435 g/mol. The molecule has 0 bridgehead atoms. The molecule has 0 aliphatic carbocycles. The van der Waals surface area contributed by atoms with Crippen molar-refractivity contribution in [2.45, 2.75) is 12.8 Å². The molecule has 2 heterocycles. The maximum absolute atomic E-state index is 12.8. The SMILES string of the molecule is O=c1ccc2cc(OCc3cc(Nc4ccc(C(F)(F)F)c(Cl)c4)no3)ccc2[nH]1. The first kappa shape index (κ1) is 19.8. The van der Waals surface area contributed by atoms with Crippen LogP contribution in [-0.4, -0.2) is 10.1 Å². The molecule has 30 heavy (non-hydrogen) atoms. The van der Waals surface area contributed by atoms with Gasteiger partial charge in [-0.15, -0.1) is 0 Å². The summed E-state index contributed by atoms with van der Waals surface area (Å²) in [5.41, 5.74) is -0.0795. The molecule has 0 radical (unpaired) electrons. The molecule has 4 rings (SSSR count). The number of benzene rings is 2. The highest BCUT2D eigenvalue weighted by Gasteiger charge is 2.33. The van der Waals surface area contributed by atoms with Gasteiger partial charge >= 0.3 is 6.18 Å². The summed E-state index contributed by atoms with van der Waals surface area (Å²) in [6.07, 6.45) is -4.52. The van der Waals surface area contributed by atoms with Gasteiger partial charge in [0.05, 0.1) is 10.6 Å². The lowest BCUT2D eigenvalue weighted by molar-refractivity contribution is -0.137. The number of alkyl halides is 3. The van der Waals surface area contributed by atoms with Gasteiger partial charge in [-0.25, -0.2) is 0 Å². The van der Waals surface area contributed by atoms with E-state index in [2.05, 4.69) is 15.5 Å². The van der Waals surface area contributed by atoms with Crippen LogP contribution in [0.3, 0.4) is 0 Å². The van der Waals surface area contributed by atoms with E-state index in [0.717, 1.165) is 17.5 Å². The Kier molecular flexibility index (Phi) is 5.13. The number of ether oxygens (including phenoxy) is 1.